The first-order valence-corrected chi connectivity index (χ1v) is 12.0. The first kappa shape index (κ1) is 20.3. The van der Waals surface area contributed by atoms with E-state index in [4.69, 9.17) is 9.47 Å². The fourth-order valence-corrected chi connectivity index (χ4v) is 6.68. The SMILES string of the molecule is COc1ccc(S(=O)(=O)N2C[C@H]3CN(S(=O)(=O)c4ccccc4)C[C@@H](C2)O3)cc1. The van der Waals surface area contributed by atoms with Crippen LogP contribution in [0.15, 0.2) is 64.4 Å². The lowest BCUT2D eigenvalue weighted by atomic mass is 10.2. The third-order valence-corrected chi connectivity index (χ3v) is 8.78. The van der Waals surface area contributed by atoms with Crippen LogP contribution in [0, 0.1) is 0 Å². The highest BCUT2D eigenvalue weighted by Gasteiger charge is 2.43. The second-order valence-electron chi connectivity index (χ2n) is 7.01. The van der Waals surface area contributed by atoms with E-state index in [-0.39, 0.29) is 36.0 Å². The van der Waals surface area contributed by atoms with Crippen molar-refractivity contribution < 1.29 is 26.3 Å². The maximum atomic E-state index is 13.0. The Kier molecular flexibility index (Phi) is 5.38. The van der Waals surface area contributed by atoms with Crippen molar-refractivity contribution in [3.63, 3.8) is 0 Å². The van der Waals surface area contributed by atoms with Crippen LogP contribution in [0.3, 0.4) is 0 Å². The van der Waals surface area contributed by atoms with Crippen molar-refractivity contribution in [1.82, 2.24) is 8.61 Å². The molecule has 0 N–H and O–H groups in total. The van der Waals surface area contributed by atoms with Crippen LogP contribution in [0.4, 0.5) is 0 Å². The summed E-state index contributed by atoms with van der Waals surface area (Å²) in [6, 6.07) is 14.4. The van der Waals surface area contributed by atoms with E-state index in [9.17, 15) is 16.8 Å². The lowest BCUT2D eigenvalue weighted by Crippen LogP contribution is -2.61. The predicted molar refractivity (Wildman–Crippen MR) is 106 cm³/mol. The summed E-state index contributed by atoms with van der Waals surface area (Å²) in [5.41, 5.74) is 0. The van der Waals surface area contributed by atoms with Crippen molar-refractivity contribution in [3.8, 4) is 5.75 Å². The number of benzene rings is 2. The molecule has 0 aliphatic carbocycles. The number of methoxy groups -OCH3 is 1. The third-order valence-electron chi connectivity index (χ3n) is 5.09. The van der Waals surface area contributed by atoms with E-state index in [1.807, 2.05) is 0 Å². The van der Waals surface area contributed by atoms with Gasteiger partial charge in [-0.2, -0.15) is 8.61 Å². The molecule has 2 heterocycles. The van der Waals surface area contributed by atoms with Crippen molar-refractivity contribution in [3.05, 3.63) is 54.6 Å². The van der Waals surface area contributed by atoms with Crippen LogP contribution in [0.25, 0.3) is 0 Å². The van der Waals surface area contributed by atoms with Gasteiger partial charge < -0.3 is 9.47 Å². The molecule has 2 aromatic rings. The maximum Gasteiger partial charge on any atom is 0.243 e. The number of nitrogens with zero attached hydrogens (tertiary/aromatic N) is 2. The Labute approximate surface area is 170 Å². The summed E-state index contributed by atoms with van der Waals surface area (Å²) in [7, 11) is -5.83. The second kappa shape index (κ2) is 7.69. The van der Waals surface area contributed by atoms with Crippen LogP contribution in [0.2, 0.25) is 0 Å². The van der Waals surface area contributed by atoms with Gasteiger partial charge in [0, 0.05) is 26.2 Å². The van der Waals surface area contributed by atoms with Crippen LogP contribution < -0.4 is 4.74 Å². The quantitative estimate of drug-likeness (QED) is 0.696. The first-order valence-electron chi connectivity index (χ1n) is 9.15. The minimum Gasteiger partial charge on any atom is -0.497 e. The van der Waals surface area contributed by atoms with E-state index in [1.165, 1.54) is 27.9 Å². The zero-order valence-electron chi connectivity index (χ0n) is 15.8. The molecule has 2 aliphatic heterocycles. The molecule has 0 aromatic heterocycles. The molecule has 0 unspecified atom stereocenters. The molecule has 0 spiro atoms. The molecule has 8 nitrogen and oxygen atoms in total. The summed E-state index contributed by atoms with van der Waals surface area (Å²) < 4.78 is 65.5. The standard InChI is InChI=1S/C19H22N2O6S2/c1-26-15-7-9-19(10-8-15)29(24,25)21-13-16-11-20(12-17(14-21)27-16)28(22,23)18-5-3-2-4-6-18/h2-10,16-17H,11-14H2,1H3/t16-,17+. The zero-order chi connectivity index (χ0) is 20.6. The molecule has 4 rings (SSSR count). The molecule has 2 saturated heterocycles. The van der Waals surface area contributed by atoms with Gasteiger partial charge in [0.15, 0.2) is 0 Å². The van der Waals surface area contributed by atoms with Crippen LogP contribution in [0.5, 0.6) is 5.75 Å². The van der Waals surface area contributed by atoms with Gasteiger partial charge in [-0.05, 0) is 36.4 Å². The average molecular weight is 439 g/mol. The smallest absolute Gasteiger partial charge is 0.243 e. The second-order valence-corrected chi connectivity index (χ2v) is 10.9. The summed E-state index contributed by atoms with van der Waals surface area (Å²) in [6.07, 6.45) is -1.04. The van der Waals surface area contributed by atoms with Gasteiger partial charge in [-0.1, -0.05) is 18.2 Å². The molecule has 156 valence electrons. The molecule has 2 bridgehead atoms. The summed E-state index contributed by atoms with van der Waals surface area (Å²) in [4.78, 5) is 0.398. The van der Waals surface area contributed by atoms with E-state index in [1.54, 1.807) is 42.5 Å². The minimum absolute atomic E-state index is 0.103. The fourth-order valence-electron chi connectivity index (χ4n) is 3.65. The van der Waals surface area contributed by atoms with Crippen molar-refractivity contribution in [2.45, 2.75) is 22.0 Å². The number of rotatable bonds is 5. The Morgan fingerprint density at radius 1 is 0.759 bits per heavy atom. The van der Waals surface area contributed by atoms with Gasteiger partial charge in [0.25, 0.3) is 0 Å². The van der Waals surface area contributed by atoms with Crippen molar-refractivity contribution in [2.75, 3.05) is 33.3 Å². The number of sulfonamides is 2. The van der Waals surface area contributed by atoms with Crippen LogP contribution >= 0.6 is 0 Å². The molecule has 0 saturated carbocycles. The van der Waals surface area contributed by atoms with Crippen LogP contribution in [0.1, 0.15) is 0 Å². The molecule has 0 amide bonds. The van der Waals surface area contributed by atoms with E-state index in [0.717, 1.165) is 0 Å². The molecule has 10 heteroatoms. The first-order chi connectivity index (χ1) is 13.8. The van der Waals surface area contributed by atoms with Crippen LogP contribution in [-0.4, -0.2) is 70.9 Å². The highest BCUT2D eigenvalue weighted by Crippen LogP contribution is 2.28. The Morgan fingerprint density at radius 2 is 1.21 bits per heavy atom. The predicted octanol–water partition coefficient (Wildman–Crippen LogP) is 1.16. The fraction of sp³-hybridized carbons (Fsp3) is 0.368. The Balaban J connectivity index is 1.52. The highest BCUT2D eigenvalue weighted by atomic mass is 32.2. The van der Waals surface area contributed by atoms with Gasteiger partial charge in [0.1, 0.15) is 5.75 Å². The summed E-state index contributed by atoms with van der Waals surface area (Å²) in [5, 5.41) is 0. The number of hydrogen-bond acceptors (Lipinski definition) is 6. The van der Waals surface area contributed by atoms with Gasteiger partial charge in [0.05, 0.1) is 29.1 Å². The van der Waals surface area contributed by atoms with Gasteiger partial charge >= 0.3 is 0 Å². The Bertz CT molecular complexity index is 1060. The monoisotopic (exact) mass is 438 g/mol. The number of morpholine rings is 2. The number of fused-ring (bicyclic) bond motifs is 2. The van der Waals surface area contributed by atoms with E-state index in [2.05, 4.69) is 0 Å². The molecule has 29 heavy (non-hydrogen) atoms. The Morgan fingerprint density at radius 3 is 1.66 bits per heavy atom. The van der Waals surface area contributed by atoms with E-state index < -0.39 is 32.3 Å². The van der Waals surface area contributed by atoms with Crippen LogP contribution in [-0.2, 0) is 24.8 Å². The van der Waals surface area contributed by atoms with Gasteiger partial charge in [-0.15, -0.1) is 0 Å². The van der Waals surface area contributed by atoms with Crippen molar-refractivity contribution >= 4 is 20.0 Å². The lowest BCUT2D eigenvalue weighted by Gasteiger charge is -2.44. The molecule has 2 aromatic carbocycles. The van der Waals surface area contributed by atoms with Crippen molar-refractivity contribution in [2.24, 2.45) is 0 Å². The number of ether oxygens (including phenoxy) is 2. The normalized spacial score (nSPS) is 23.6. The molecular formula is C19H22N2O6S2. The van der Waals surface area contributed by atoms with E-state index >= 15 is 0 Å². The van der Waals surface area contributed by atoms with Gasteiger partial charge in [-0.25, -0.2) is 16.8 Å². The summed E-state index contributed by atoms with van der Waals surface area (Å²) >= 11 is 0. The Hall–Kier alpha value is -1.98. The minimum atomic E-state index is -3.70. The molecule has 2 atom stereocenters. The maximum absolute atomic E-state index is 13.0. The average Bonchev–Trinajstić information content (AvgIpc) is 2.73. The van der Waals surface area contributed by atoms with Gasteiger partial charge in [0.2, 0.25) is 20.0 Å². The molecule has 0 radical (unpaired) electrons. The highest BCUT2D eigenvalue weighted by molar-refractivity contribution is 7.89. The molecular weight excluding hydrogens is 416 g/mol. The van der Waals surface area contributed by atoms with E-state index in [0.29, 0.717) is 5.75 Å². The number of hydrogen-bond donors (Lipinski definition) is 0. The molecule has 2 aliphatic rings. The third kappa shape index (κ3) is 3.90. The van der Waals surface area contributed by atoms with Gasteiger partial charge in [-0.3, -0.25) is 0 Å². The molecule has 2 fully saturated rings. The summed E-state index contributed by atoms with van der Waals surface area (Å²) in [6.45, 7) is 0.433. The van der Waals surface area contributed by atoms with Crippen molar-refractivity contribution in [1.29, 1.82) is 0 Å². The lowest BCUT2D eigenvalue weighted by molar-refractivity contribution is -0.104. The topological polar surface area (TPSA) is 93.2 Å². The zero-order valence-corrected chi connectivity index (χ0v) is 17.5. The largest absolute Gasteiger partial charge is 0.497 e. The summed E-state index contributed by atoms with van der Waals surface area (Å²) in [5.74, 6) is 0.574.